The second-order valence-corrected chi connectivity index (χ2v) is 7.06. The van der Waals surface area contributed by atoms with Gasteiger partial charge in [0, 0.05) is 25.1 Å². The summed E-state index contributed by atoms with van der Waals surface area (Å²) in [7, 11) is 0. The van der Waals surface area contributed by atoms with Crippen molar-refractivity contribution in [2.75, 3.05) is 18.4 Å². The first kappa shape index (κ1) is 18.4. The zero-order valence-corrected chi connectivity index (χ0v) is 15.4. The molecule has 0 bridgehead atoms. The SMILES string of the molecule is CCC(CC)C(=O)N1CCCC2(CC(C(=O)Nc3cccnc3)=NO2)C1. The number of anilines is 1. The number of carbonyl (C=O) groups excluding carboxylic acids is 2. The zero-order valence-electron chi connectivity index (χ0n) is 15.4. The number of nitrogens with one attached hydrogen (secondary N) is 1. The van der Waals surface area contributed by atoms with Gasteiger partial charge >= 0.3 is 0 Å². The van der Waals surface area contributed by atoms with E-state index < -0.39 is 5.60 Å². The Morgan fingerprint density at radius 1 is 1.38 bits per heavy atom. The molecule has 1 saturated heterocycles. The predicted molar refractivity (Wildman–Crippen MR) is 98.6 cm³/mol. The number of aromatic nitrogens is 1. The van der Waals surface area contributed by atoms with Gasteiger partial charge in [-0.05, 0) is 37.8 Å². The normalized spacial score (nSPS) is 22.3. The largest absolute Gasteiger partial charge is 0.386 e. The fourth-order valence-corrected chi connectivity index (χ4v) is 3.68. The molecule has 2 aliphatic rings. The topological polar surface area (TPSA) is 83.9 Å². The van der Waals surface area contributed by atoms with E-state index in [4.69, 9.17) is 4.84 Å². The van der Waals surface area contributed by atoms with E-state index in [1.54, 1.807) is 24.5 Å². The van der Waals surface area contributed by atoms with Gasteiger partial charge in [-0.2, -0.15) is 0 Å². The number of pyridine rings is 1. The zero-order chi connectivity index (χ0) is 18.6. The van der Waals surface area contributed by atoms with Crippen molar-refractivity contribution < 1.29 is 14.4 Å². The Labute approximate surface area is 153 Å². The molecule has 2 aliphatic heterocycles. The average Bonchev–Trinajstić information content (AvgIpc) is 3.07. The number of piperidine rings is 1. The van der Waals surface area contributed by atoms with Gasteiger partial charge in [-0.25, -0.2) is 0 Å². The lowest BCUT2D eigenvalue weighted by atomic mass is 9.87. The minimum atomic E-state index is -0.568. The van der Waals surface area contributed by atoms with E-state index in [0.29, 0.717) is 24.4 Å². The summed E-state index contributed by atoms with van der Waals surface area (Å²) in [5, 5.41) is 6.82. The van der Waals surface area contributed by atoms with Crippen LogP contribution >= 0.6 is 0 Å². The van der Waals surface area contributed by atoms with E-state index in [1.807, 2.05) is 18.7 Å². The number of rotatable bonds is 5. The van der Waals surface area contributed by atoms with E-state index in [-0.39, 0.29) is 17.7 Å². The summed E-state index contributed by atoms with van der Waals surface area (Å²) in [6.45, 7) is 5.33. The molecule has 1 fully saturated rings. The molecule has 26 heavy (non-hydrogen) atoms. The molecule has 1 N–H and O–H groups in total. The number of oxime groups is 1. The van der Waals surface area contributed by atoms with Gasteiger partial charge in [0.25, 0.3) is 5.91 Å². The standard InChI is InChI=1S/C19H26N4O3/c1-3-14(4-2)18(25)23-10-6-8-19(13-23)11-16(22-26-19)17(24)21-15-7-5-9-20-12-15/h5,7,9,12,14H,3-4,6,8,10-11,13H2,1-2H3,(H,21,24). The first-order valence-corrected chi connectivity index (χ1v) is 9.32. The van der Waals surface area contributed by atoms with Crippen LogP contribution < -0.4 is 5.32 Å². The molecular weight excluding hydrogens is 332 g/mol. The summed E-state index contributed by atoms with van der Waals surface area (Å²) in [4.78, 5) is 36.7. The molecule has 2 amide bonds. The maximum atomic E-state index is 12.7. The fourth-order valence-electron chi connectivity index (χ4n) is 3.68. The van der Waals surface area contributed by atoms with E-state index in [2.05, 4.69) is 15.5 Å². The molecule has 3 heterocycles. The summed E-state index contributed by atoms with van der Waals surface area (Å²) >= 11 is 0. The van der Waals surface area contributed by atoms with Crippen LogP contribution in [0.1, 0.15) is 46.0 Å². The second-order valence-electron chi connectivity index (χ2n) is 7.06. The number of hydrogen-bond donors (Lipinski definition) is 1. The molecule has 3 rings (SSSR count). The van der Waals surface area contributed by atoms with Crippen LogP contribution in [-0.2, 0) is 14.4 Å². The van der Waals surface area contributed by atoms with E-state index in [0.717, 1.165) is 32.2 Å². The van der Waals surface area contributed by atoms with Crippen molar-refractivity contribution in [3.05, 3.63) is 24.5 Å². The first-order valence-electron chi connectivity index (χ1n) is 9.32. The lowest BCUT2D eigenvalue weighted by Crippen LogP contribution is -2.52. The molecule has 7 nitrogen and oxygen atoms in total. The van der Waals surface area contributed by atoms with Crippen LogP contribution in [0.5, 0.6) is 0 Å². The van der Waals surface area contributed by atoms with Crippen molar-refractivity contribution in [3.8, 4) is 0 Å². The van der Waals surface area contributed by atoms with E-state index in [1.165, 1.54) is 0 Å². The Kier molecular flexibility index (Phi) is 5.54. The monoisotopic (exact) mass is 358 g/mol. The van der Waals surface area contributed by atoms with Crippen molar-refractivity contribution in [3.63, 3.8) is 0 Å². The highest BCUT2D eigenvalue weighted by atomic mass is 16.7. The van der Waals surface area contributed by atoms with Gasteiger partial charge in [0.2, 0.25) is 5.91 Å². The molecule has 7 heteroatoms. The van der Waals surface area contributed by atoms with Crippen LogP contribution in [0.2, 0.25) is 0 Å². The Balaban J connectivity index is 1.62. The number of carbonyl (C=O) groups is 2. The van der Waals surface area contributed by atoms with Crippen molar-refractivity contribution in [2.45, 2.75) is 51.6 Å². The number of amides is 2. The lowest BCUT2D eigenvalue weighted by molar-refractivity contribution is -0.145. The van der Waals surface area contributed by atoms with Crippen molar-refractivity contribution >= 4 is 23.2 Å². The van der Waals surface area contributed by atoms with Gasteiger partial charge in [0.1, 0.15) is 5.71 Å². The maximum absolute atomic E-state index is 12.7. The summed E-state index contributed by atoms with van der Waals surface area (Å²) in [5.74, 6) is -0.0370. The molecular formula is C19H26N4O3. The highest BCUT2D eigenvalue weighted by molar-refractivity contribution is 6.43. The van der Waals surface area contributed by atoms with E-state index in [9.17, 15) is 9.59 Å². The highest BCUT2D eigenvalue weighted by Gasteiger charge is 2.46. The molecule has 1 unspecified atom stereocenters. The highest BCUT2D eigenvalue weighted by Crippen LogP contribution is 2.34. The third-order valence-corrected chi connectivity index (χ3v) is 5.21. The number of nitrogens with zero attached hydrogens (tertiary/aromatic N) is 3. The molecule has 1 spiro atoms. The van der Waals surface area contributed by atoms with Gasteiger partial charge in [-0.3, -0.25) is 14.6 Å². The Hall–Kier alpha value is -2.44. The first-order chi connectivity index (χ1) is 12.6. The smallest absolute Gasteiger partial charge is 0.273 e. The summed E-state index contributed by atoms with van der Waals surface area (Å²) in [6, 6.07) is 3.53. The van der Waals surface area contributed by atoms with Gasteiger partial charge < -0.3 is 15.1 Å². The quantitative estimate of drug-likeness (QED) is 0.877. The molecule has 0 aliphatic carbocycles. The molecule has 1 atom stereocenters. The Morgan fingerprint density at radius 3 is 2.88 bits per heavy atom. The fraction of sp³-hybridized carbons (Fsp3) is 0.579. The van der Waals surface area contributed by atoms with Gasteiger partial charge in [-0.15, -0.1) is 0 Å². The third kappa shape index (κ3) is 3.86. The summed E-state index contributed by atoms with van der Waals surface area (Å²) < 4.78 is 0. The predicted octanol–water partition coefficient (Wildman–Crippen LogP) is 2.59. The number of hydrogen-bond acceptors (Lipinski definition) is 5. The van der Waals surface area contributed by atoms with Crippen molar-refractivity contribution in [1.29, 1.82) is 0 Å². The minimum Gasteiger partial charge on any atom is -0.386 e. The summed E-state index contributed by atoms with van der Waals surface area (Å²) in [5.41, 5.74) is 0.419. The second kappa shape index (κ2) is 7.85. The van der Waals surface area contributed by atoms with Crippen LogP contribution in [0.15, 0.2) is 29.7 Å². The van der Waals surface area contributed by atoms with Crippen molar-refractivity contribution in [1.82, 2.24) is 9.88 Å². The molecule has 0 radical (unpaired) electrons. The average molecular weight is 358 g/mol. The Bertz CT molecular complexity index is 687. The molecule has 1 aromatic heterocycles. The maximum Gasteiger partial charge on any atom is 0.273 e. The van der Waals surface area contributed by atoms with E-state index >= 15 is 0 Å². The minimum absolute atomic E-state index is 0.0563. The van der Waals surface area contributed by atoms with Crippen LogP contribution in [-0.4, -0.2) is 46.1 Å². The molecule has 0 saturated carbocycles. The van der Waals surface area contributed by atoms with Crippen LogP contribution in [0.25, 0.3) is 0 Å². The van der Waals surface area contributed by atoms with Gasteiger partial charge in [0.05, 0.1) is 18.4 Å². The molecule has 1 aromatic rings. The summed E-state index contributed by atoms with van der Waals surface area (Å²) in [6.07, 6.45) is 7.00. The van der Waals surface area contributed by atoms with Crippen LogP contribution in [0, 0.1) is 5.92 Å². The molecule has 0 aromatic carbocycles. The van der Waals surface area contributed by atoms with Crippen LogP contribution in [0.4, 0.5) is 5.69 Å². The Morgan fingerprint density at radius 2 is 2.19 bits per heavy atom. The lowest BCUT2D eigenvalue weighted by Gasteiger charge is -2.39. The third-order valence-electron chi connectivity index (χ3n) is 5.21. The number of likely N-dealkylation sites (tertiary alicyclic amines) is 1. The molecule has 140 valence electrons. The van der Waals surface area contributed by atoms with Gasteiger partial charge in [-0.1, -0.05) is 19.0 Å². The van der Waals surface area contributed by atoms with Crippen LogP contribution in [0.3, 0.4) is 0 Å². The van der Waals surface area contributed by atoms with Gasteiger partial charge in [0.15, 0.2) is 5.60 Å². The van der Waals surface area contributed by atoms with Crippen molar-refractivity contribution in [2.24, 2.45) is 11.1 Å².